The molecule has 0 amide bonds. The molecule has 40 heavy (non-hydrogen) atoms. The van der Waals surface area contributed by atoms with E-state index in [-0.39, 0.29) is 0 Å². The van der Waals surface area contributed by atoms with Gasteiger partial charge < -0.3 is 9.80 Å². The fourth-order valence-electron chi connectivity index (χ4n) is 5.85. The Morgan fingerprint density at radius 3 is 1.75 bits per heavy atom. The van der Waals surface area contributed by atoms with Gasteiger partial charge in [-0.2, -0.15) is 0 Å². The molecule has 1 heterocycles. The van der Waals surface area contributed by atoms with Gasteiger partial charge in [-0.15, -0.1) is 11.3 Å². The highest BCUT2D eigenvalue weighted by atomic mass is 32.1. The number of hydrogen-bond acceptors (Lipinski definition) is 4. The van der Waals surface area contributed by atoms with E-state index in [1.165, 1.54) is 128 Å². The van der Waals surface area contributed by atoms with Gasteiger partial charge in [0.05, 0.1) is 20.8 Å². The topological polar surface area (TPSA) is 22.4 Å². The zero-order chi connectivity index (χ0) is 28.9. The molecule has 0 bridgehead atoms. The van der Waals surface area contributed by atoms with Crippen LogP contribution in [-0.4, -0.2) is 47.3 Å². The molecule has 0 fully saturated rings. The van der Waals surface area contributed by atoms with Crippen LogP contribution >= 0.6 is 11.3 Å². The van der Waals surface area contributed by atoms with E-state index in [0.29, 0.717) is 0 Å². The van der Waals surface area contributed by atoms with E-state index in [0.717, 1.165) is 17.6 Å². The predicted octanol–water partition coefficient (Wildman–Crippen LogP) is 8.98. The van der Waals surface area contributed by atoms with Crippen LogP contribution in [0.5, 0.6) is 0 Å². The lowest BCUT2D eigenvalue weighted by molar-refractivity contribution is 0.532. The second kappa shape index (κ2) is 17.0. The van der Waals surface area contributed by atoms with Crippen LogP contribution in [0.25, 0.3) is 20.8 Å². The summed E-state index contributed by atoms with van der Waals surface area (Å²) >= 11 is 1.87. The number of benzene rings is 2. The minimum atomic E-state index is 1.09. The van der Waals surface area contributed by atoms with Gasteiger partial charge in [0.1, 0.15) is 19.8 Å². The zero-order valence-corrected chi connectivity index (χ0v) is 27.6. The molecule has 0 atom stereocenters. The maximum atomic E-state index is 5.15. The van der Waals surface area contributed by atoms with Crippen molar-refractivity contribution in [1.82, 2.24) is 9.56 Å². The van der Waals surface area contributed by atoms with Gasteiger partial charge in [0, 0.05) is 39.4 Å². The standard InChI is InChI=1S/C35H57N4S/c1-8-9-10-11-12-13-14-15-16-17-18-19-20-21-22-23-28-26-31-35(34(39(6)7)33(28)38(4)5)40-32-27-29(37(2)3)24-25-30(32)36-31/h24-27H,8-23H2,1-7H3/q+1. The first kappa shape index (κ1) is 32.4. The maximum Gasteiger partial charge on any atom is 0.227 e. The number of anilines is 2. The average Bonchev–Trinajstić information content (AvgIpc) is 2.92. The smallest absolute Gasteiger partial charge is 0.227 e. The van der Waals surface area contributed by atoms with Crippen molar-refractivity contribution >= 4 is 32.9 Å². The van der Waals surface area contributed by atoms with Crippen LogP contribution in [0, 0.1) is 0 Å². The first-order valence-electron chi connectivity index (χ1n) is 16.1. The Morgan fingerprint density at radius 1 is 0.700 bits per heavy atom. The molecule has 1 aromatic rings. The number of nitrogens with zero attached hydrogens (tertiary/aromatic N) is 4. The van der Waals surface area contributed by atoms with Crippen molar-refractivity contribution in [2.24, 2.45) is 0 Å². The number of rotatable bonds is 18. The van der Waals surface area contributed by atoms with Gasteiger partial charge >= 0.3 is 0 Å². The summed E-state index contributed by atoms with van der Waals surface area (Å²) in [5.74, 6) is 0. The highest BCUT2D eigenvalue weighted by Crippen LogP contribution is 2.37. The molecular weight excluding hydrogens is 508 g/mol. The molecular formula is C35H57N4S+. The quantitative estimate of drug-likeness (QED) is 0.0873. The van der Waals surface area contributed by atoms with Crippen molar-refractivity contribution in [2.45, 2.75) is 110 Å². The van der Waals surface area contributed by atoms with E-state index in [2.05, 4.69) is 87.9 Å². The van der Waals surface area contributed by atoms with Gasteiger partial charge in [0.25, 0.3) is 0 Å². The highest BCUT2D eigenvalue weighted by Gasteiger charge is 2.23. The Balaban J connectivity index is 1.55. The number of fused-ring (bicyclic) bond motifs is 2. The predicted molar refractivity (Wildman–Crippen MR) is 181 cm³/mol. The van der Waals surface area contributed by atoms with Gasteiger partial charge in [-0.1, -0.05) is 96.8 Å². The molecule has 0 unspecified atom stereocenters. The van der Waals surface area contributed by atoms with E-state index >= 15 is 0 Å². The minimum absolute atomic E-state index is 1.09. The molecule has 2 aliphatic rings. The SMILES string of the molecule is CCCCCCCCCCCCCCCCCc1cc2nc3ccc(N(C)C)cc3sc-2c(N(C)C)c1=[N+](C)C. The molecule has 0 saturated carbocycles. The van der Waals surface area contributed by atoms with Gasteiger partial charge in [-0.3, -0.25) is 0 Å². The van der Waals surface area contributed by atoms with E-state index in [1.54, 1.807) is 0 Å². The molecule has 0 N–H and O–H groups in total. The third kappa shape index (κ3) is 9.46. The minimum Gasteiger partial charge on any atom is -0.378 e. The summed E-state index contributed by atoms with van der Waals surface area (Å²) in [5.41, 5.74) is 6.16. The van der Waals surface area contributed by atoms with Crippen molar-refractivity contribution in [1.29, 1.82) is 0 Å². The van der Waals surface area contributed by atoms with Crippen LogP contribution < -0.4 is 19.7 Å². The molecule has 222 valence electrons. The summed E-state index contributed by atoms with van der Waals surface area (Å²) in [6.45, 7) is 2.30. The fraction of sp³-hybridized carbons (Fsp3) is 0.657. The van der Waals surface area contributed by atoms with E-state index in [4.69, 9.17) is 4.98 Å². The van der Waals surface area contributed by atoms with E-state index in [1.807, 2.05) is 11.3 Å². The summed E-state index contributed by atoms with van der Waals surface area (Å²) in [7, 11) is 12.9. The van der Waals surface area contributed by atoms with Crippen molar-refractivity contribution in [3.8, 4) is 10.6 Å². The monoisotopic (exact) mass is 565 g/mol. The number of aryl methyl sites for hydroxylation is 1. The number of hydrogen-bond donors (Lipinski definition) is 0. The zero-order valence-electron chi connectivity index (χ0n) is 26.8. The lowest BCUT2D eigenvalue weighted by Gasteiger charge is -2.20. The Bertz CT molecular complexity index is 1210. The third-order valence-electron chi connectivity index (χ3n) is 8.14. The van der Waals surface area contributed by atoms with Crippen LogP contribution in [0.4, 0.5) is 11.4 Å². The normalized spacial score (nSPS) is 11.5. The molecule has 1 aliphatic carbocycles. The summed E-state index contributed by atoms with van der Waals surface area (Å²) in [6, 6.07) is 8.98. The summed E-state index contributed by atoms with van der Waals surface area (Å²) in [4.78, 5) is 10.9. The maximum absolute atomic E-state index is 5.15. The van der Waals surface area contributed by atoms with E-state index < -0.39 is 0 Å². The van der Waals surface area contributed by atoms with Crippen molar-refractivity contribution < 1.29 is 0 Å². The third-order valence-corrected chi connectivity index (χ3v) is 9.30. The highest BCUT2D eigenvalue weighted by molar-refractivity contribution is 7.22. The lowest BCUT2D eigenvalue weighted by Crippen LogP contribution is -2.33. The molecule has 5 heteroatoms. The molecule has 1 aliphatic heterocycles. The average molecular weight is 566 g/mol. The van der Waals surface area contributed by atoms with Crippen LogP contribution in [0.3, 0.4) is 0 Å². The van der Waals surface area contributed by atoms with Crippen LogP contribution in [-0.2, 0) is 6.42 Å². The van der Waals surface area contributed by atoms with Gasteiger partial charge in [0.2, 0.25) is 5.36 Å². The van der Waals surface area contributed by atoms with Crippen LogP contribution in [0.2, 0.25) is 0 Å². The van der Waals surface area contributed by atoms with Crippen LogP contribution in [0.15, 0.2) is 24.3 Å². The molecule has 0 saturated heterocycles. The molecule has 3 rings (SSSR count). The first-order chi connectivity index (χ1) is 19.3. The Hall–Kier alpha value is -2.14. The van der Waals surface area contributed by atoms with Crippen molar-refractivity contribution in [3.05, 3.63) is 35.2 Å². The van der Waals surface area contributed by atoms with Crippen LogP contribution in [0.1, 0.15) is 109 Å². The van der Waals surface area contributed by atoms with Crippen molar-refractivity contribution in [2.75, 3.05) is 52.1 Å². The fourth-order valence-corrected chi connectivity index (χ4v) is 7.05. The summed E-state index contributed by atoms with van der Waals surface area (Å²) in [5, 5.41) is 1.35. The van der Waals surface area contributed by atoms with Gasteiger partial charge in [-0.05, 0) is 37.1 Å². The summed E-state index contributed by atoms with van der Waals surface area (Å²) < 4.78 is 3.55. The lowest BCUT2D eigenvalue weighted by atomic mass is 10.0. The Labute approximate surface area is 249 Å². The Kier molecular flexibility index (Phi) is 13.7. The van der Waals surface area contributed by atoms with Gasteiger partial charge in [-0.25, -0.2) is 9.56 Å². The van der Waals surface area contributed by atoms with Crippen molar-refractivity contribution in [3.63, 3.8) is 0 Å². The molecule has 4 nitrogen and oxygen atoms in total. The second-order valence-electron chi connectivity index (χ2n) is 12.3. The first-order valence-corrected chi connectivity index (χ1v) is 16.9. The molecule has 0 spiro atoms. The Morgan fingerprint density at radius 2 is 1.25 bits per heavy atom. The van der Waals surface area contributed by atoms with E-state index in [9.17, 15) is 0 Å². The number of unbranched alkanes of at least 4 members (excludes halogenated alkanes) is 14. The largest absolute Gasteiger partial charge is 0.378 e. The molecule has 0 radical (unpaired) electrons. The number of aromatic nitrogens is 1. The summed E-state index contributed by atoms with van der Waals surface area (Å²) in [6.07, 6.45) is 22.2. The van der Waals surface area contributed by atoms with Gasteiger partial charge in [0.15, 0.2) is 0 Å². The molecule has 1 aromatic carbocycles. The molecule has 0 aromatic heterocycles. The second-order valence-corrected chi connectivity index (χ2v) is 13.4.